The first-order valence-corrected chi connectivity index (χ1v) is 3.86. The van der Waals surface area contributed by atoms with Crippen LogP contribution in [0.1, 0.15) is 6.42 Å². The Bertz CT molecular complexity index is 164. The van der Waals surface area contributed by atoms with Crippen LogP contribution in [0.15, 0.2) is 11.6 Å². The smallest absolute Gasteiger partial charge is 0.0902 e. The number of fused-ring (bicyclic) bond motifs is 1. The van der Waals surface area contributed by atoms with E-state index in [9.17, 15) is 0 Å². The molecule has 1 nitrogen and oxygen atoms in total. The van der Waals surface area contributed by atoms with E-state index < -0.39 is 0 Å². The van der Waals surface area contributed by atoms with Crippen LogP contribution in [0.25, 0.3) is 0 Å². The number of thiocarbonyl (C=S) groups is 1. The maximum absolute atomic E-state index is 4.98. The molecule has 3 heteroatoms. The van der Waals surface area contributed by atoms with Crippen LogP contribution in [0.3, 0.4) is 0 Å². The maximum Gasteiger partial charge on any atom is 0.0902 e. The molecule has 0 radical (unpaired) electrons. The number of hydrogen-bond acceptors (Lipinski definition) is 2. The van der Waals surface area contributed by atoms with E-state index in [2.05, 4.69) is 16.5 Å². The Balaban J connectivity index is 2.21. The second-order valence-corrected chi connectivity index (χ2v) is 3.44. The monoisotopic (exact) mass is 143 g/mol. The van der Waals surface area contributed by atoms with E-state index in [-0.39, 0.29) is 0 Å². The number of rotatable bonds is 0. The normalized spacial score (nSPS) is 32.8. The van der Waals surface area contributed by atoms with Gasteiger partial charge >= 0.3 is 0 Å². The highest BCUT2D eigenvalue weighted by Gasteiger charge is 2.33. The van der Waals surface area contributed by atoms with Gasteiger partial charge in [-0.25, -0.2) is 0 Å². The third-order valence-corrected chi connectivity index (χ3v) is 2.77. The molecule has 2 rings (SSSR count). The van der Waals surface area contributed by atoms with Gasteiger partial charge in [-0.1, -0.05) is 12.2 Å². The molecule has 0 aromatic carbocycles. The van der Waals surface area contributed by atoms with Crippen LogP contribution in [-0.4, -0.2) is 15.3 Å². The molecule has 0 unspecified atom stereocenters. The molecule has 1 atom stereocenters. The van der Waals surface area contributed by atoms with E-state index in [1.165, 1.54) is 0 Å². The molecule has 1 fully saturated rings. The molecule has 0 spiro atoms. The van der Waals surface area contributed by atoms with Crippen molar-refractivity contribution >= 4 is 29.0 Å². The van der Waals surface area contributed by atoms with Gasteiger partial charge in [-0.15, -0.1) is 11.8 Å². The summed E-state index contributed by atoms with van der Waals surface area (Å²) in [6, 6.07) is 0. The molecular formula is C5H5NS2. The van der Waals surface area contributed by atoms with E-state index in [1.807, 2.05) is 11.8 Å². The fraction of sp³-hybridized carbons (Fsp3) is 0.400. The molecule has 0 amide bonds. The van der Waals surface area contributed by atoms with Gasteiger partial charge in [0.2, 0.25) is 0 Å². The number of thioether (sulfide) groups is 1. The molecule has 2 aliphatic heterocycles. The summed E-state index contributed by atoms with van der Waals surface area (Å²) in [4.78, 5) is 3.23. The Morgan fingerprint density at radius 1 is 1.88 bits per heavy atom. The summed E-state index contributed by atoms with van der Waals surface area (Å²) in [6.45, 7) is 0. The van der Waals surface area contributed by atoms with E-state index >= 15 is 0 Å². The molecule has 2 heterocycles. The molecule has 2 aliphatic rings. The lowest BCUT2D eigenvalue weighted by molar-refractivity contribution is 0.460. The average Bonchev–Trinajstić information content (AvgIpc) is 2.09. The maximum atomic E-state index is 4.98. The van der Waals surface area contributed by atoms with Crippen LogP contribution >= 0.6 is 24.0 Å². The van der Waals surface area contributed by atoms with Crippen molar-refractivity contribution in [2.75, 3.05) is 0 Å². The fourth-order valence-electron chi connectivity index (χ4n) is 0.886. The lowest BCUT2D eigenvalue weighted by Gasteiger charge is -2.35. The van der Waals surface area contributed by atoms with Crippen molar-refractivity contribution in [3.63, 3.8) is 0 Å². The highest BCUT2D eigenvalue weighted by atomic mass is 32.2. The second-order valence-electron chi connectivity index (χ2n) is 1.88. The highest BCUT2D eigenvalue weighted by Crippen LogP contribution is 2.36. The Labute approximate surface area is 57.7 Å². The molecule has 0 aromatic rings. The molecular weight excluding hydrogens is 138 g/mol. The zero-order valence-corrected chi connectivity index (χ0v) is 5.84. The summed E-state index contributed by atoms with van der Waals surface area (Å²) in [7, 11) is 0. The molecule has 0 aliphatic carbocycles. The SMILES string of the molecule is S=C1C[C@H]2SC=CN12. The molecule has 0 bridgehead atoms. The van der Waals surface area contributed by atoms with Crippen LogP contribution in [0.2, 0.25) is 0 Å². The van der Waals surface area contributed by atoms with Crippen LogP contribution < -0.4 is 0 Å². The predicted octanol–water partition coefficient (Wildman–Crippen LogP) is 1.56. The Morgan fingerprint density at radius 3 is 3.25 bits per heavy atom. The van der Waals surface area contributed by atoms with Crippen molar-refractivity contribution < 1.29 is 0 Å². The summed E-state index contributed by atoms with van der Waals surface area (Å²) in [5, 5.41) is 2.77. The molecule has 0 saturated carbocycles. The Kier molecular flexibility index (Phi) is 0.893. The van der Waals surface area contributed by atoms with Gasteiger partial charge in [0.15, 0.2) is 0 Å². The Hall–Kier alpha value is -0.0200. The third-order valence-electron chi connectivity index (χ3n) is 1.40. The van der Waals surface area contributed by atoms with E-state index in [4.69, 9.17) is 12.2 Å². The average molecular weight is 143 g/mol. The quantitative estimate of drug-likeness (QED) is 0.474. The summed E-state index contributed by atoms with van der Waals surface area (Å²) >= 11 is 6.84. The number of nitrogens with zero attached hydrogens (tertiary/aromatic N) is 1. The van der Waals surface area contributed by atoms with Crippen LogP contribution in [0, 0.1) is 0 Å². The van der Waals surface area contributed by atoms with Gasteiger partial charge in [0.05, 0.1) is 10.4 Å². The van der Waals surface area contributed by atoms with Crippen molar-refractivity contribution in [3.8, 4) is 0 Å². The van der Waals surface area contributed by atoms with E-state index in [1.54, 1.807) is 0 Å². The van der Waals surface area contributed by atoms with Gasteiger partial charge in [0, 0.05) is 12.6 Å². The summed E-state index contributed by atoms with van der Waals surface area (Å²) in [5.74, 6) is 0. The predicted molar refractivity (Wildman–Crippen MR) is 39.6 cm³/mol. The van der Waals surface area contributed by atoms with Gasteiger partial charge < -0.3 is 4.90 Å². The highest BCUT2D eigenvalue weighted by molar-refractivity contribution is 8.03. The Morgan fingerprint density at radius 2 is 2.75 bits per heavy atom. The van der Waals surface area contributed by atoms with Gasteiger partial charge in [-0.2, -0.15) is 0 Å². The van der Waals surface area contributed by atoms with Gasteiger partial charge in [0.1, 0.15) is 0 Å². The van der Waals surface area contributed by atoms with Gasteiger partial charge in [0.25, 0.3) is 0 Å². The van der Waals surface area contributed by atoms with Crippen molar-refractivity contribution in [1.82, 2.24) is 4.90 Å². The van der Waals surface area contributed by atoms with Crippen LogP contribution in [-0.2, 0) is 0 Å². The minimum Gasteiger partial charge on any atom is -0.329 e. The van der Waals surface area contributed by atoms with Gasteiger partial charge in [-0.3, -0.25) is 0 Å². The molecule has 1 saturated heterocycles. The molecule has 8 heavy (non-hydrogen) atoms. The topological polar surface area (TPSA) is 3.24 Å². The van der Waals surface area contributed by atoms with E-state index in [0.717, 1.165) is 11.4 Å². The standard InChI is InChI=1S/C5H5NS2/c7-4-3-5-6(4)1-2-8-5/h1-2,5H,3H2/t5-/m1/s1. The van der Waals surface area contributed by atoms with Crippen LogP contribution in [0.4, 0.5) is 0 Å². The van der Waals surface area contributed by atoms with E-state index in [0.29, 0.717) is 5.37 Å². The third kappa shape index (κ3) is 0.459. The molecule has 0 aromatic heterocycles. The number of hydrogen-bond donors (Lipinski definition) is 0. The van der Waals surface area contributed by atoms with Crippen molar-refractivity contribution in [2.24, 2.45) is 0 Å². The van der Waals surface area contributed by atoms with Crippen molar-refractivity contribution in [3.05, 3.63) is 11.6 Å². The summed E-state index contributed by atoms with van der Waals surface area (Å²) < 4.78 is 0. The molecule has 0 N–H and O–H groups in total. The summed E-state index contributed by atoms with van der Waals surface area (Å²) in [6.07, 6.45) is 3.16. The minimum absolute atomic E-state index is 0.669. The lowest BCUT2D eigenvalue weighted by atomic mass is 10.2. The minimum atomic E-state index is 0.669. The zero-order chi connectivity index (χ0) is 5.56. The largest absolute Gasteiger partial charge is 0.329 e. The van der Waals surface area contributed by atoms with Gasteiger partial charge in [-0.05, 0) is 5.41 Å². The van der Waals surface area contributed by atoms with Crippen molar-refractivity contribution in [2.45, 2.75) is 11.8 Å². The van der Waals surface area contributed by atoms with Crippen LogP contribution in [0.5, 0.6) is 0 Å². The summed E-state index contributed by atoms with van der Waals surface area (Å²) in [5.41, 5.74) is 0. The second kappa shape index (κ2) is 1.48. The zero-order valence-electron chi connectivity index (χ0n) is 4.20. The lowest BCUT2D eigenvalue weighted by Crippen LogP contribution is -2.43. The van der Waals surface area contributed by atoms with Crippen molar-refractivity contribution in [1.29, 1.82) is 0 Å². The first kappa shape index (κ1) is 4.82. The molecule has 42 valence electrons. The first-order chi connectivity index (χ1) is 3.88. The fourth-order valence-corrected chi connectivity index (χ4v) is 2.37. The first-order valence-electron chi connectivity index (χ1n) is 2.51.